The average molecular weight is 253 g/mol. The van der Waals surface area contributed by atoms with E-state index in [0.717, 1.165) is 18.9 Å². The van der Waals surface area contributed by atoms with Crippen LogP contribution in [0.15, 0.2) is 18.2 Å². The number of aromatic hydroxyl groups is 1. The van der Waals surface area contributed by atoms with Crippen molar-refractivity contribution in [3.05, 3.63) is 29.6 Å². The first-order valence-electron chi connectivity index (χ1n) is 5.91. The second kappa shape index (κ2) is 5.35. The number of benzene rings is 1. The predicted octanol–water partition coefficient (Wildman–Crippen LogP) is 1.74. The fourth-order valence-corrected chi connectivity index (χ4v) is 1.76. The van der Waals surface area contributed by atoms with Crippen LogP contribution in [-0.2, 0) is 9.53 Å². The highest BCUT2D eigenvalue weighted by molar-refractivity contribution is 5.77. The van der Waals surface area contributed by atoms with Crippen LogP contribution in [0.25, 0.3) is 0 Å². The van der Waals surface area contributed by atoms with Crippen molar-refractivity contribution in [3.8, 4) is 5.75 Å². The van der Waals surface area contributed by atoms with Gasteiger partial charge in [0.15, 0.2) is 11.6 Å². The Hall–Kier alpha value is -1.62. The maximum atomic E-state index is 13.3. The van der Waals surface area contributed by atoms with Crippen LogP contribution in [0.2, 0.25) is 0 Å². The van der Waals surface area contributed by atoms with Crippen molar-refractivity contribution in [2.45, 2.75) is 18.9 Å². The number of methoxy groups -OCH3 is 1. The zero-order valence-electron chi connectivity index (χ0n) is 10.1. The third-order valence-electron chi connectivity index (χ3n) is 3.05. The standard InChI is InChI=1S/C13H16FNO3/c1-18-13(17)12(15-7-8-2-3-8)9-4-5-11(16)10(14)6-9/h4-6,8,12,15-16H,2-3,7H2,1H3. The summed E-state index contributed by atoms with van der Waals surface area (Å²) in [6.07, 6.45) is 2.32. The van der Waals surface area contributed by atoms with Gasteiger partial charge in [-0.15, -0.1) is 0 Å². The van der Waals surface area contributed by atoms with E-state index in [1.165, 1.54) is 19.2 Å². The van der Waals surface area contributed by atoms with Gasteiger partial charge in [-0.1, -0.05) is 6.07 Å². The van der Waals surface area contributed by atoms with Crippen LogP contribution in [0.1, 0.15) is 24.4 Å². The van der Waals surface area contributed by atoms with Gasteiger partial charge >= 0.3 is 5.97 Å². The minimum Gasteiger partial charge on any atom is -0.505 e. The van der Waals surface area contributed by atoms with Crippen LogP contribution in [0, 0.1) is 11.7 Å². The van der Waals surface area contributed by atoms with Crippen molar-refractivity contribution in [3.63, 3.8) is 0 Å². The molecule has 2 N–H and O–H groups in total. The highest BCUT2D eigenvalue weighted by atomic mass is 19.1. The van der Waals surface area contributed by atoms with Gasteiger partial charge in [0.25, 0.3) is 0 Å². The second-order valence-corrected chi connectivity index (χ2v) is 4.52. The lowest BCUT2D eigenvalue weighted by molar-refractivity contribution is -0.143. The third-order valence-corrected chi connectivity index (χ3v) is 3.05. The zero-order valence-corrected chi connectivity index (χ0v) is 10.1. The molecule has 2 rings (SSSR count). The molecule has 0 bridgehead atoms. The number of carbonyl (C=O) groups excluding carboxylic acids is 1. The molecule has 1 aliphatic rings. The molecular weight excluding hydrogens is 237 g/mol. The molecule has 0 amide bonds. The molecule has 1 aromatic carbocycles. The molecule has 0 radical (unpaired) electrons. The minimum absolute atomic E-state index is 0.426. The van der Waals surface area contributed by atoms with E-state index in [4.69, 9.17) is 9.84 Å². The van der Waals surface area contributed by atoms with Gasteiger partial charge in [-0.05, 0) is 43.0 Å². The summed E-state index contributed by atoms with van der Waals surface area (Å²) in [5.41, 5.74) is 0.456. The van der Waals surface area contributed by atoms with Crippen molar-refractivity contribution in [2.75, 3.05) is 13.7 Å². The van der Waals surface area contributed by atoms with Crippen LogP contribution in [0.4, 0.5) is 4.39 Å². The number of phenolic OH excluding ortho intramolecular Hbond substituents is 1. The maximum Gasteiger partial charge on any atom is 0.327 e. The molecule has 18 heavy (non-hydrogen) atoms. The fourth-order valence-electron chi connectivity index (χ4n) is 1.76. The Kier molecular flexibility index (Phi) is 3.81. The largest absolute Gasteiger partial charge is 0.505 e. The van der Waals surface area contributed by atoms with E-state index < -0.39 is 23.6 Å². The van der Waals surface area contributed by atoms with Gasteiger partial charge in [-0.3, -0.25) is 0 Å². The summed E-state index contributed by atoms with van der Waals surface area (Å²) in [5.74, 6) is -1.03. The fraction of sp³-hybridized carbons (Fsp3) is 0.462. The van der Waals surface area contributed by atoms with E-state index >= 15 is 0 Å². The summed E-state index contributed by atoms with van der Waals surface area (Å²) >= 11 is 0. The number of phenols is 1. The van der Waals surface area contributed by atoms with Gasteiger partial charge < -0.3 is 15.2 Å². The molecule has 1 aliphatic carbocycles. The minimum atomic E-state index is -0.741. The van der Waals surface area contributed by atoms with Crippen molar-refractivity contribution < 1.29 is 19.0 Å². The average Bonchev–Trinajstić information content (AvgIpc) is 3.17. The molecule has 1 unspecified atom stereocenters. The summed E-state index contributed by atoms with van der Waals surface area (Å²) in [4.78, 5) is 11.7. The van der Waals surface area contributed by atoms with Crippen LogP contribution in [-0.4, -0.2) is 24.7 Å². The van der Waals surface area contributed by atoms with E-state index in [2.05, 4.69) is 5.32 Å². The Morgan fingerprint density at radius 1 is 1.61 bits per heavy atom. The number of nitrogens with one attached hydrogen (secondary N) is 1. The Morgan fingerprint density at radius 3 is 2.89 bits per heavy atom. The van der Waals surface area contributed by atoms with E-state index in [1.54, 1.807) is 0 Å². The van der Waals surface area contributed by atoms with Gasteiger partial charge in [-0.25, -0.2) is 9.18 Å². The van der Waals surface area contributed by atoms with E-state index in [-0.39, 0.29) is 0 Å². The Bertz CT molecular complexity index is 446. The van der Waals surface area contributed by atoms with Crippen molar-refractivity contribution in [1.29, 1.82) is 0 Å². The molecule has 1 atom stereocenters. The second-order valence-electron chi connectivity index (χ2n) is 4.52. The molecule has 0 aliphatic heterocycles. The summed E-state index contributed by atoms with van der Waals surface area (Å²) in [6, 6.07) is 3.21. The lowest BCUT2D eigenvalue weighted by Crippen LogP contribution is -2.31. The molecule has 1 aromatic rings. The van der Waals surface area contributed by atoms with Gasteiger partial charge in [-0.2, -0.15) is 0 Å². The number of ether oxygens (including phenoxy) is 1. The monoisotopic (exact) mass is 253 g/mol. The molecule has 1 saturated carbocycles. The van der Waals surface area contributed by atoms with Crippen molar-refractivity contribution >= 4 is 5.97 Å². The van der Waals surface area contributed by atoms with Gasteiger partial charge in [0.05, 0.1) is 7.11 Å². The molecule has 0 aromatic heterocycles. The third kappa shape index (κ3) is 2.98. The normalized spacial score (nSPS) is 16.3. The van der Waals surface area contributed by atoms with Crippen molar-refractivity contribution in [2.24, 2.45) is 5.92 Å². The van der Waals surface area contributed by atoms with Gasteiger partial charge in [0.2, 0.25) is 0 Å². The highest BCUT2D eigenvalue weighted by Gasteiger charge is 2.27. The maximum absolute atomic E-state index is 13.3. The first-order chi connectivity index (χ1) is 8.61. The molecule has 98 valence electrons. The lowest BCUT2D eigenvalue weighted by atomic mass is 10.1. The molecule has 0 heterocycles. The Balaban J connectivity index is 2.14. The molecule has 4 nitrogen and oxygen atoms in total. The Labute approximate surface area is 105 Å². The quantitative estimate of drug-likeness (QED) is 0.785. The van der Waals surface area contributed by atoms with Crippen LogP contribution < -0.4 is 5.32 Å². The van der Waals surface area contributed by atoms with E-state index in [0.29, 0.717) is 18.0 Å². The van der Waals surface area contributed by atoms with E-state index in [1.807, 2.05) is 0 Å². The first-order valence-corrected chi connectivity index (χ1v) is 5.91. The van der Waals surface area contributed by atoms with Gasteiger partial charge in [0, 0.05) is 0 Å². The number of hydrogen-bond donors (Lipinski definition) is 2. The molecule has 0 spiro atoms. The van der Waals surface area contributed by atoms with Crippen molar-refractivity contribution in [1.82, 2.24) is 5.32 Å². The van der Waals surface area contributed by atoms with Crippen LogP contribution in [0.5, 0.6) is 5.75 Å². The molecule has 0 saturated heterocycles. The SMILES string of the molecule is COC(=O)C(NCC1CC1)c1ccc(O)c(F)c1. The number of carbonyl (C=O) groups is 1. The molecular formula is C13H16FNO3. The predicted molar refractivity (Wildman–Crippen MR) is 63.5 cm³/mol. The number of rotatable bonds is 5. The zero-order chi connectivity index (χ0) is 13.1. The summed E-state index contributed by atoms with van der Waals surface area (Å²) in [5, 5.41) is 12.2. The smallest absolute Gasteiger partial charge is 0.327 e. The van der Waals surface area contributed by atoms with Crippen LogP contribution >= 0.6 is 0 Å². The lowest BCUT2D eigenvalue weighted by Gasteiger charge is -2.17. The Morgan fingerprint density at radius 2 is 2.33 bits per heavy atom. The molecule has 5 heteroatoms. The first kappa shape index (κ1) is 12.8. The van der Waals surface area contributed by atoms with Gasteiger partial charge in [0.1, 0.15) is 6.04 Å². The summed E-state index contributed by atoms with van der Waals surface area (Å²) in [7, 11) is 1.30. The number of halogens is 1. The topological polar surface area (TPSA) is 58.6 Å². The summed E-state index contributed by atoms with van der Waals surface area (Å²) in [6.45, 7) is 0.711. The molecule has 1 fully saturated rings. The van der Waals surface area contributed by atoms with Crippen LogP contribution in [0.3, 0.4) is 0 Å². The highest BCUT2D eigenvalue weighted by Crippen LogP contribution is 2.29. The van der Waals surface area contributed by atoms with E-state index in [9.17, 15) is 9.18 Å². The number of esters is 1. The summed E-state index contributed by atoms with van der Waals surface area (Å²) < 4.78 is 18.0. The number of hydrogen-bond acceptors (Lipinski definition) is 4.